The number of anilines is 2. The number of nitrogens with zero attached hydrogens (tertiary/aromatic N) is 3. The molecule has 146 valence electrons. The van der Waals surface area contributed by atoms with E-state index in [-0.39, 0.29) is 16.0 Å². The average molecular weight is 457 g/mol. The molecular formula is C16H14Cl2N6O2S2. The third-order valence-corrected chi connectivity index (χ3v) is 5.43. The lowest BCUT2D eigenvalue weighted by Crippen LogP contribution is -2.20. The van der Waals surface area contributed by atoms with Crippen molar-refractivity contribution in [1.82, 2.24) is 14.8 Å². The number of nitrogens with two attached hydrogens (primary N) is 1. The molecule has 12 heteroatoms. The molecule has 0 saturated carbocycles. The van der Waals surface area contributed by atoms with E-state index in [1.165, 1.54) is 18.5 Å². The highest BCUT2D eigenvalue weighted by Gasteiger charge is 2.10. The summed E-state index contributed by atoms with van der Waals surface area (Å²) in [6.45, 7) is 0.350. The van der Waals surface area contributed by atoms with E-state index in [9.17, 15) is 8.42 Å². The number of hydrogen-bond acceptors (Lipinski definition) is 5. The summed E-state index contributed by atoms with van der Waals surface area (Å²) in [6.07, 6.45) is 1.52. The molecule has 0 aliphatic rings. The van der Waals surface area contributed by atoms with Crippen molar-refractivity contribution in [3.05, 3.63) is 64.4 Å². The van der Waals surface area contributed by atoms with Crippen LogP contribution in [0.1, 0.15) is 5.56 Å². The molecule has 3 rings (SSSR count). The Balaban J connectivity index is 1.62. The van der Waals surface area contributed by atoms with Crippen LogP contribution in [0, 0.1) is 0 Å². The van der Waals surface area contributed by atoms with E-state index in [2.05, 4.69) is 20.7 Å². The van der Waals surface area contributed by atoms with Crippen LogP contribution in [0.2, 0.25) is 10.0 Å². The molecule has 0 spiro atoms. The normalized spacial score (nSPS) is 11.2. The topological polar surface area (TPSA) is 115 Å². The maximum atomic E-state index is 11.3. The Morgan fingerprint density at radius 1 is 1.11 bits per heavy atom. The van der Waals surface area contributed by atoms with Crippen molar-refractivity contribution >= 4 is 62.2 Å². The highest BCUT2D eigenvalue weighted by atomic mass is 35.5. The lowest BCUT2D eigenvalue weighted by molar-refractivity contribution is 0.598. The fourth-order valence-electron chi connectivity index (χ4n) is 2.27. The predicted molar refractivity (Wildman–Crippen MR) is 113 cm³/mol. The Labute approximate surface area is 176 Å². The van der Waals surface area contributed by atoms with Gasteiger partial charge in [0.15, 0.2) is 5.11 Å². The maximum Gasteiger partial charge on any atom is 0.248 e. The molecule has 0 amide bonds. The van der Waals surface area contributed by atoms with Gasteiger partial charge in [-0.2, -0.15) is 0 Å². The molecular weight excluding hydrogens is 443 g/mol. The number of nitrogens with one attached hydrogen (secondary N) is 2. The molecule has 1 heterocycles. The number of hydrogen-bond donors (Lipinski definition) is 3. The molecule has 1 aromatic heterocycles. The number of primary sulfonamides is 1. The molecule has 28 heavy (non-hydrogen) atoms. The quantitative estimate of drug-likeness (QED) is 0.505. The minimum Gasteiger partial charge on any atom is -0.332 e. The summed E-state index contributed by atoms with van der Waals surface area (Å²) in [5.41, 5.74) is 1.31. The first-order chi connectivity index (χ1) is 13.2. The van der Waals surface area contributed by atoms with E-state index in [4.69, 9.17) is 40.6 Å². The van der Waals surface area contributed by atoms with Gasteiger partial charge in [-0.25, -0.2) is 23.2 Å². The van der Waals surface area contributed by atoms with Crippen LogP contribution in [0.3, 0.4) is 0 Å². The Morgan fingerprint density at radius 3 is 2.36 bits per heavy atom. The van der Waals surface area contributed by atoms with Crippen molar-refractivity contribution in [2.75, 3.05) is 10.6 Å². The van der Waals surface area contributed by atoms with Gasteiger partial charge in [0.1, 0.15) is 6.33 Å². The maximum absolute atomic E-state index is 11.3. The first kappa shape index (κ1) is 20.5. The van der Waals surface area contributed by atoms with E-state index >= 15 is 0 Å². The fraction of sp³-hybridized carbons (Fsp3) is 0.0625. The smallest absolute Gasteiger partial charge is 0.248 e. The second-order valence-corrected chi connectivity index (χ2v) is 8.40. The molecule has 4 N–H and O–H groups in total. The summed E-state index contributed by atoms with van der Waals surface area (Å²) in [5.74, 6) is 0.279. The predicted octanol–water partition coefficient (Wildman–Crippen LogP) is 3.09. The second kappa shape index (κ2) is 8.41. The van der Waals surface area contributed by atoms with E-state index in [0.29, 0.717) is 22.3 Å². The zero-order valence-corrected chi connectivity index (χ0v) is 17.3. The lowest BCUT2D eigenvalue weighted by Gasteiger charge is -2.08. The number of benzene rings is 2. The largest absolute Gasteiger partial charge is 0.332 e. The first-order valence-corrected chi connectivity index (χ1v) is 10.5. The van der Waals surface area contributed by atoms with Crippen LogP contribution in [-0.4, -0.2) is 28.3 Å². The summed E-state index contributed by atoms with van der Waals surface area (Å²) in [7, 11) is -3.74. The molecule has 3 aromatic rings. The van der Waals surface area contributed by atoms with Gasteiger partial charge in [0, 0.05) is 21.3 Å². The van der Waals surface area contributed by atoms with Crippen LogP contribution in [0.4, 0.5) is 11.6 Å². The number of sulfonamides is 1. The zero-order chi connectivity index (χ0) is 20.3. The summed E-state index contributed by atoms with van der Waals surface area (Å²) in [5, 5.41) is 16.4. The third kappa shape index (κ3) is 5.18. The fourth-order valence-corrected chi connectivity index (χ4v) is 3.51. The monoisotopic (exact) mass is 456 g/mol. The third-order valence-electron chi connectivity index (χ3n) is 3.58. The molecule has 2 aromatic carbocycles. The summed E-state index contributed by atoms with van der Waals surface area (Å²) in [6, 6.07) is 11.1. The highest BCUT2D eigenvalue weighted by molar-refractivity contribution is 7.89. The van der Waals surface area contributed by atoms with Crippen molar-refractivity contribution in [2.45, 2.75) is 11.4 Å². The molecule has 0 bridgehead atoms. The van der Waals surface area contributed by atoms with Crippen molar-refractivity contribution in [2.24, 2.45) is 5.14 Å². The number of rotatable bonds is 5. The van der Waals surface area contributed by atoms with Gasteiger partial charge in [-0.1, -0.05) is 29.3 Å². The van der Waals surface area contributed by atoms with Gasteiger partial charge >= 0.3 is 0 Å². The Morgan fingerprint density at radius 2 is 1.75 bits per heavy atom. The molecule has 0 aliphatic carbocycles. The molecule has 0 aliphatic heterocycles. The SMILES string of the molecule is NS(=O)(=O)c1ccc(NC(=S)Nc2ncn(Cc3c(Cl)cccc3Cl)n2)cc1. The van der Waals surface area contributed by atoms with Gasteiger partial charge in [0.2, 0.25) is 16.0 Å². The second-order valence-electron chi connectivity index (χ2n) is 5.61. The Kier molecular flexibility index (Phi) is 6.16. The first-order valence-electron chi connectivity index (χ1n) is 7.75. The van der Waals surface area contributed by atoms with Crippen LogP contribution in [-0.2, 0) is 16.6 Å². The van der Waals surface area contributed by atoms with Crippen LogP contribution in [0.15, 0.2) is 53.7 Å². The minimum atomic E-state index is -3.74. The Bertz CT molecular complexity index is 1100. The number of thiocarbonyl (C=S) groups is 1. The number of halogens is 2. The number of aromatic nitrogens is 3. The van der Waals surface area contributed by atoms with E-state index in [1.54, 1.807) is 35.0 Å². The van der Waals surface area contributed by atoms with Crippen molar-refractivity contribution < 1.29 is 8.42 Å². The van der Waals surface area contributed by atoms with Gasteiger partial charge in [-0.15, -0.1) is 5.10 Å². The summed E-state index contributed by atoms with van der Waals surface area (Å²) < 4.78 is 24.1. The van der Waals surface area contributed by atoms with Crippen molar-refractivity contribution in [3.8, 4) is 0 Å². The van der Waals surface area contributed by atoms with Gasteiger partial charge in [0.25, 0.3) is 0 Å². The standard InChI is InChI=1S/C16H14Cl2N6O2S2/c17-13-2-1-3-14(18)12(13)8-24-9-20-15(23-24)22-16(27)21-10-4-6-11(7-5-10)28(19,25)26/h1-7,9H,8H2,(H2,19,25,26)(H2,21,22,23,27). The van der Waals surface area contributed by atoms with Gasteiger partial charge in [-0.05, 0) is 48.6 Å². The van der Waals surface area contributed by atoms with Gasteiger partial charge in [0.05, 0.1) is 11.4 Å². The molecule has 0 saturated heterocycles. The Hall–Kier alpha value is -2.24. The van der Waals surface area contributed by atoms with Crippen molar-refractivity contribution in [3.63, 3.8) is 0 Å². The molecule has 0 unspecified atom stereocenters. The molecule has 0 radical (unpaired) electrons. The lowest BCUT2D eigenvalue weighted by atomic mass is 10.2. The van der Waals surface area contributed by atoms with E-state index < -0.39 is 10.0 Å². The summed E-state index contributed by atoms with van der Waals surface area (Å²) in [4.78, 5) is 4.14. The van der Waals surface area contributed by atoms with Gasteiger partial charge in [-0.3, -0.25) is 5.32 Å². The average Bonchev–Trinajstić information content (AvgIpc) is 3.05. The van der Waals surface area contributed by atoms with Crippen LogP contribution in [0.25, 0.3) is 0 Å². The van der Waals surface area contributed by atoms with Gasteiger partial charge < -0.3 is 5.32 Å². The van der Waals surface area contributed by atoms with E-state index in [1.807, 2.05) is 0 Å². The molecule has 0 fully saturated rings. The highest BCUT2D eigenvalue weighted by Crippen LogP contribution is 2.25. The summed E-state index contributed by atoms with van der Waals surface area (Å²) >= 11 is 17.5. The van der Waals surface area contributed by atoms with Crippen LogP contribution < -0.4 is 15.8 Å². The van der Waals surface area contributed by atoms with E-state index in [0.717, 1.165) is 5.56 Å². The molecule has 0 atom stereocenters. The minimum absolute atomic E-state index is 0.00979. The van der Waals surface area contributed by atoms with Crippen molar-refractivity contribution in [1.29, 1.82) is 0 Å². The zero-order valence-electron chi connectivity index (χ0n) is 14.1. The molecule has 8 nitrogen and oxygen atoms in total. The van der Waals surface area contributed by atoms with Crippen LogP contribution >= 0.6 is 35.4 Å². The van der Waals surface area contributed by atoms with Crippen LogP contribution in [0.5, 0.6) is 0 Å².